The molecular formula is C10H22O5S. The lowest BCUT2D eigenvalue weighted by Crippen LogP contribution is -2.33. The molecule has 0 heterocycles. The van der Waals surface area contributed by atoms with E-state index in [4.69, 9.17) is 14.8 Å². The predicted molar refractivity (Wildman–Crippen MR) is 61.6 cm³/mol. The van der Waals surface area contributed by atoms with Crippen LogP contribution in [0.25, 0.3) is 0 Å². The van der Waals surface area contributed by atoms with Gasteiger partial charge in [0.05, 0.1) is 0 Å². The van der Waals surface area contributed by atoms with Gasteiger partial charge in [-0.05, 0) is 6.42 Å². The molecule has 0 bridgehead atoms. The van der Waals surface area contributed by atoms with E-state index in [1.807, 2.05) is 0 Å². The molecule has 6 heteroatoms. The van der Waals surface area contributed by atoms with Crippen LogP contribution in [0.1, 0.15) is 51.9 Å². The number of hydrogen-bond donors (Lipinski definition) is 3. The van der Waals surface area contributed by atoms with Gasteiger partial charge in [-0.15, -0.1) is 0 Å². The average molecular weight is 254 g/mol. The Morgan fingerprint density at radius 1 is 1.00 bits per heavy atom. The molecule has 16 heavy (non-hydrogen) atoms. The normalized spacial score (nSPS) is 14.3. The molecule has 5 nitrogen and oxygen atoms in total. The molecular weight excluding hydrogens is 232 g/mol. The highest BCUT2D eigenvalue weighted by Gasteiger charge is 2.28. The lowest BCUT2D eigenvalue weighted by atomic mass is 10.1. The molecule has 0 amide bonds. The average Bonchev–Trinajstić information content (AvgIpc) is 2.13. The first-order chi connectivity index (χ1) is 7.39. The largest absolute Gasteiger partial charge is 0.367 e. The fourth-order valence-corrected chi connectivity index (χ4v) is 2.35. The Balaban J connectivity index is 3.79. The summed E-state index contributed by atoms with van der Waals surface area (Å²) in [4.78, 5) is 0. The molecule has 0 aromatic rings. The first kappa shape index (κ1) is 15.8. The Bertz CT molecular complexity index is 260. The number of aliphatic hydroxyl groups excluding tert-OH is 1. The van der Waals surface area contributed by atoms with Crippen LogP contribution in [-0.4, -0.2) is 34.7 Å². The maximum Gasteiger partial charge on any atom is 0.272 e. The van der Waals surface area contributed by atoms with Crippen molar-refractivity contribution in [3.8, 4) is 0 Å². The molecule has 98 valence electrons. The SMILES string of the molecule is CCCCCCCCC(C(O)O)S(=O)(=O)O. The van der Waals surface area contributed by atoms with Crippen LogP contribution >= 0.6 is 0 Å². The van der Waals surface area contributed by atoms with Gasteiger partial charge in [0.15, 0.2) is 6.29 Å². The van der Waals surface area contributed by atoms with Crippen LogP contribution in [0.5, 0.6) is 0 Å². The Morgan fingerprint density at radius 2 is 1.50 bits per heavy atom. The monoisotopic (exact) mass is 254 g/mol. The van der Waals surface area contributed by atoms with Gasteiger partial charge in [-0.25, -0.2) is 0 Å². The zero-order valence-corrected chi connectivity index (χ0v) is 10.5. The molecule has 1 unspecified atom stereocenters. The first-order valence-corrected chi connectivity index (χ1v) is 7.22. The predicted octanol–water partition coefficient (Wildman–Crippen LogP) is 1.30. The Hall–Kier alpha value is -0.170. The van der Waals surface area contributed by atoms with E-state index >= 15 is 0 Å². The van der Waals surface area contributed by atoms with E-state index in [1.54, 1.807) is 0 Å². The summed E-state index contributed by atoms with van der Waals surface area (Å²) in [6.07, 6.45) is 3.91. The van der Waals surface area contributed by atoms with E-state index < -0.39 is 21.7 Å². The summed E-state index contributed by atoms with van der Waals surface area (Å²) in [5, 5.41) is 16.1. The molecule has 0 saturated carbocycles. The smallest absolute Gasteiger partial charge is 0.272 e. The van der Waals surface area contributed by atoms with Gasteiger partial charge in [0.2, 0.25) is 0 Å². The quantitative estimate of drug-likeness (QED) is 0.327. The van der Waals surface area contributed by atoms with Crippen molar-refractivity contribution in [1.29, 1.82) is 0 Å². The summed E-state index contributed by atoms with van der Waals surface area (Å²) >= 11 is 0. The van der Waals surface area contributed by atoms with Gasteiger partial charge >= 0.3 is 0 Å². The van der Waals surface area contributed by atoms with Crippen LogP contribution in [0.2, 0.25) is 0 Å². The molecule has 0 spiro atoms. The fraction of sp³-hybridized carbons (Fsp3) is 1.00. The second-order valence-electron chi connectivity index (χ2n) is 4.02. The van der Waals surface area contributed by atoms with Gasteiger partial charge < -0.3 is 10.2 Å². The second-order valence-corrected chi connectivity index (χ2v) is 5.66. The van der Waals surface area contributed by atoms with Gasteiger partial charge in [-0.1, -0.05) is 45.4 Å². The topological polar surface area (TPSA) is 94.8 Å². The van der Waals surface area contributed by atoms with Crippen molar-refractivity contribution in [2.24, 2.45) is 0 Å². The van der Waals surface area contributed by atoms with Gasteiger partial charge in [0, 0.05) is 0 Å². The van der Waals surface area contributed by atoms with Gasteiger partial charge in [0.25, 0.3) is 10.1 Å². The molecule has 0 aliphatic heterocycles. The number of hydrogen-bond acceptors (Lipinski definition) is 4. The molecule has 0 saturated heterocycles. The summed E-state index contributed by atoms with van der Waals surface area (Å²) < 4.78 is 30.3. The summed E-state index contributed by atoms with van der Waals surface area (Å²) in [7, 11) is -4.36. The minimum atomic E-state index is -4.36. The highest BCUT2D eigenvalue weighted by atomic mass is 32.2. The fourth-order valence-electron chi connectivity index (χ4n) is 1.58. The van der Waals surface area contributed by atoms with Gasteiger partial charge in [-0.2, -0.15) is 8.42 Å². The molecule has 0 aliphatic carbocycles. The summed E-state index contributed by atoms with van der Waals surface area (Å²) in [6, 6.07) is 0. The van der Waals surface area contributed by atoms with Crippen LogP contribution in [0.4, 0.5) is 0 Å². The minimum Gasteiger partial charge on any atom is -0.367 e. The van der Waals surface area contributed by atoms with Crippen molar-refractivity contribution >= 4 is 10.1 Å². The zero-order valence-electron chi connectivity index (χ0n) is 9.67. The third-order valence-electron chi connectivity index (χ3n) is 2.56. The van der Waals surface area contributed by atoms with E-state index in [0.717, 1.165) is 32.1 Å². The minimum absolute atomic E-state index is 0.0859. The summed E-state index contributed by atoms with van der Waals surface area (Å²) in [5.74, 6) is 0. The molecule has 0 rings (SSSR count). The number of aliphatic hydroxyl groups is 2. The van der Waals surface area contributed by atoms with Crippen LogP contribution in [0.3, 0.4) is 0 Å². The molecule has 0 aliphatic rings. The molecule has 0 aromatic heterocycles. The lowest BCUT2D eigenvalue weighted by Gasteiger charge is -2.15. The second kappa shape index (κ2) is 8.00. The maximum atomic E-state index is 10.8. The molecule has 3 N–H and O–H groups in total. The Labute approximate surface area is 97.2 Å². The van der Waals surface area contributed by atoms with Crippen LogP contribution in [0.15, 0.2) is 0 Å². The standard InChI is InChI=1S/C10H22O5S/c1-2-3-4-5-6-7-8-9(10(11)12)16(13,14)15/h9-12H,2-8H2,1H3,(H,13,14,15). The van der Waals surface area contributed by atoms with E-state index in [1.165, 1.54) is 0 Å². The highest BCUT2D eigenvalue weighted by molar-refractivity contribution is 7.86. The Kier molecular flexibility index (Phi) is 7.91. The highest BCUT2D eigenvalue weighted by Crippen LogP contribution is 2.14. The van der Waals surface area contributed by atoms with Crippen LogP contribution in [-0.2, 0) is 10.1 Å². The number of rotatable bonds is 9. The van der Waals surface area contributed by atoms with Crippen molar-refractivity contribution in [1.82, 2.24) is 0 Å². The molecule has 0 aromatic carbocycles. The van der Waals surface area contributed by atoms with Crippen molar-refractivity contribution in [2.45, 2.75) is 63.4 Å². The van der Waals surface area contributed by atoms with Gasteiger partial charge in [-0.3, -0.25) is 4.55 Å². The summed E-state index contributed by atoms with van der Waals surface area (Å²) in [5.41, 5.74) is 0. The molecule has 0 radical (unpaired) electrons. The molecule has 0 fully saturated rings. The first-order valence-electron chi connectivity index (χ1n) is 5.72. The van der Waals surface area contributed by atoms with E-state index in [9.17, 15) is 8.42 Å². The zero-order chi connectivity index (χ0) is 12.6. The third kappa shape index (κ3) is 7.16. The third-order valence-corrected chi connectivity index (χ3v) is 3.80. The Morgan fingerprint density at radius 3 is 1.94 bits per heavy atom. The van der Waals surface area contributed by atoms with E-state index in [0.29, 0.717) is 6.42 Å². The van der Waals surface area contributed by atoms with Crippen molar-refractivity contribution in [3.63, 3.8) is 0 Å². The van der Waals surface area contributed by atoms with Crippen LogP contribution in [0, 0.1) is 0 Å². The van der Waals surface area contributed by atoms with Crippen molar-refractivity contribution in [2.75, 3.05) is 0 Å². The lowest BCUT2D eigenvalue weighted by molar-refractivity contribution is -0.0446. The number of unbranched alkanes of at least 4 members (excludes halogenated alkanes) is 5. The molecule has 1 atom stereocenters. The maximum absolute atomic E-state index is 10.8. The van der Waals surface area contributed by atoms with E-state index in [2.05, 4.69) is 6.92 Å². The van der Waals surface area contributed by atoms with Crippen molar-refractivity contribution in [3.05, 3.63) is 0 Å². The van der Waals surface area contributed by atoms with Gasteiger partial charge in [0.1, 0.15) is 5.25 Å². The summed E-state index contributed by atoms with van der Waals surface area (Å²) in [6.45, 7) is 2.11. The van der Waals surface area contributed by atoms with Crippen LogP contribution < -0.4 is 0 Å². The van der Waals surface area contributed by atoms with Crippen molar-refractivity contribution < 1.29 is 23.2 Å². The van der Waals surface area contributed by atoms with E-state index in [-0.39, 0.29) is 6.42 Å².